The van der Waals surface area contributed by atoms with Gasteiger partial charge in [0.25, 0.3) is 0 Å². The highest BCUT2D eigenvalue weighted by atomic mass is 79.9. The molecule has 0 amide bonds. The van der Waals surface area contributed by atoms with Crippen LogP contribution in [-0.4, -0.2) is 25.2 Å². The highest BCUT2D eigenvalue weighted by Gasteiger charge is 2.11. The normalized spacial score (nSPS) is 10.7. The molecule has 8 heteroatoms. The first-order chi connectivity index (χ1) is 12.7. The number of benzene rings is 2. The van der Waals surface area contributed by atoms with Gasteiger partial charge in [0.15, 0.2) is 0 Å². The van der Waals surface area contributed by atoms with Gasteiger partial charge in [-0.2, -0.15) is 0 Å². The molecule has 0 aliphatic rings. The summed E-state index contributed by atoms with van der Waals surface area (Å²) in [5.41, 5.74) is 0.951. The molecule has 26 heavy (non-hydrogen) atoms. The summed E-state index contributed by atoms with van der Waals surface area (Å²) in [5.74, 6) is 0.814. The van der Waals surface area contributed by atoms with E-state index in [1.54, 1.807) is 30.3 Å². The highest BCUT2D eigenvalue weighted by Crippen LogP contribution is 2.25. The van der Waals surface area contributed by atoms with Crippen LogP contribution in [0.15, 0.2) is 71.3 Å². The zero-order valence-electron chi connectivity index (χ0n) is 13.3. The molecule has 6 nitrogen and oxygen atoms in total. The van der Waals surface area contributed by atoms with Gasteiger partial charge in [-0.1, -0.05) is 24.3 Å². The Kier molecular flexibility index (Phi) is 4.40. The highest BCUT2D eigenvalue weighted by molar-refractivity contribution is 9.10. The third-order valence-electron chi connectivity index (χ3n) is 3.42. The Labute approximate surface area is 156 Å². The molecular formula is C18H11BrFN5O. The zero-order valence-corrected chi connectivity index (χ0v) is 14.8. The van der Waals surface area contributed by atoms with Crippen LogP contribution in [0.2, 0.25) is 0 Å². The molecule has 0 saturated carbocycles. The molecule has 0 N–H and O–H groups in total. The van der Waals surface area contributed by atoms with E-state index in [0.717, 1.165) is 0 Å². The number of rotatable bonds is 4. The first-order valence-electron chi connectivity index (χ1n) is 7.64. The topological polar surface area (TPSA) is 65.7 Å². The predicted molar refractivity (Wildman–Crippen MR) is 96.6 cm³/mol. The summed E-state index contributed by atoms with van der Waals surface area (Å²) in [4.78, 5) is 5.52. The lowest BCUT2D eigenvalue weighted by Crippen LogP contribution is -2.00. The molecule has 128 valence electrons. The molecule has 0 radical (unpaired) electrons. The number of halogens is 2. The Hall–Kier alpha value is -3.13. The summed E-state index contributed by atoms with van der Waals surface area (Å²) in [6.07, 6.45) is 0. The molecule has 2 aromatic heterocycles. The molecule has 0 fully saturated rings. The SMILES string of the molecule is Fc1cc(Oc2ccccc2)cc(-n2nnc(-c3cccc(Br)n3)n2)c1. The minimum Gasteiger partial charge on any atom is -0.457 e. The van der Waals surface area contributed by atoms with E-state index < -0.39 is 5.82 Å². The van der Waals surface area contributed by atoms with Crippen LogP contribution in [0.25, 0.3) is 17.2 Å². The van der Waals surface area contributed by atoms with Crippen LogP contribution in [0.3, 0.4) is 0 Å². The summed E-state index contributed by atoms with van der Waals surface area (Å²) in [6.45, 7) is 0. The molecule has 0 aliphatic heterocycles. The van der Waals surface area contributed by atoms with E-state index in [9.17, 15) is 4.39 Å². The maximum absolute atomic E-state index is 14.0. The summed E-state index contributed by atoms with van der Waals surface area (Å²) in [6, 6.07) is 18.7. The fraction of sp³-hybridized carbons (Fsp3) is 0. The molecule has 0 spiro atoms. The van der Waals surface area contributed by atoms with E-state index in [2.05, 4.69) is 36.3 Å². The fourth-order valence-corrected chi connectivity index (χ4v) is 2.65. The van der Waals surface area contributed by atoms with Crippen molar-refractivity contribution >= 4 is 15.9 Å². The first-order valence-corrected chi connectivity index (χ1v) is 8.43. The quantitative estimate of drug-likeness (QED) is 0.465. The second kappa shape index (κ2) is 7.01. The van der Waals surface area contributed by atoms with E-state index in [1.165, 1.54) is 16.9 Å². The third-order valence-corrected chi connectivity index (χ3v) is 3.87. The van der Waals surface area contributed by atoms with Gasteiger partial charge in [-0.25, -0.2) is 9.37 Å². The standard InChI is InChI=1S/C18H11BrFN5O/c19-17-8-4-7-16(21-17)18-22-24-25(23-18)13-9-12(20)10-15(11-13)26-14-5-2-1-3-6-14/h1-11H. The smallest absolute Gasteiger partial charge is 0.223 e. The van der Waals surface area contributed by atoms with E-state index in [1.807, 2.05) is 24.3 Å². The van der Waals surface area contributed by atoms with Gasteiger partial charge in [0.05, 0.1) is 5.69 Å². The number of hydrogen-bond donors (Lipinski definition) is 0. The van der Waals surface area contributed by atoms with Gasteiger partial charge in [0.2, 0.25) is 5.82 Å². The van der Waals surface area contributed by atoms with E-state index in [0.29, 0.717) is 33.3 Å². The van der Waals surface area contributed by atoms with E-state index in [4.69, 9.17) is 4.74 Å². The van der Waals surface area contributed by atoms with E-state index in [-0.39, 0.29) is 0 Å². The van der Waals surface area contributed by atoms with Crippen LogP contribution in [0, 0.1) is 5.82 Å². The van der Waals surface area contributed by atoms with Gasteiger partial charge in [0, 0.05) is 18.2 Å². The van der Waals surface area contributed by atoms with Crippen molar-refractivity contribution in [2.75, 3.05) is 0 Å². The molecule has 4 aromatic rings. The Morgan fingerprint density at radius 3 is 2.58 bits per heavy atom. The van der Waals surface area contributed by atoms with Crippen molar-refractivity contribution in [3.63, 3.8) is 0 Å². The summed E-state index contributed by atoms with van der Waals surface area (Å²) < 4.78 is 20.4. The second-order valence-electron chi connectivity index (χ2n) is 5.31. The van der Waals surface area contributed by atoms with Crippen molar-refractivity contribution in [1.82, 2.24) is 25.2 Å². The average Bonchev–Trinajstić information content (AvgIpc) is 3.12. The Bertz CT molecular complexity index is 1050. The summed E-state index contributed by atoms with van der Waals surface area (Å²) in [5, 5.41) is 12.2. The van der Waals surface area contributed by atoms with Crippen molar-refractivity contribution in [1.29, 1.82) is 0 Å². The number of hydrogen-bond acceptors (Lipinski definition) is 5. The second-order valence-corrected chi connectivity index (χ2v) is 6.12. The van der Waals surface area contributed by atoms with Crippen molar-refractivity contribution < 1.29 is 9.13 Å². The van der Waals surface area contributed by atoms with Crippen LogP contribution in [0.5, 0.6) is 11.5 Å². The Balaban J connectivity index is 1.66. The largest absolute Gasteiger partial charge is 0.457 e. The number of nitrogens with zero attached hydrogens (tertiary/aromatic N) is 5. The number of tetrazole rings is 1. The molecule has 0 aliphatic carbocycles. The molecule has 0 unspecified atom stereocenters. The van der Waals surface area contributed by atoms with Gasteiger partial charge in [-0.3, -0.25) is 0 Å². The monoisotopic (exact) mass is 411 g/mol. The van der Waals surface area contributed by atoms with E-state index >= 15 is 0 Å². The van der Waals surface area contributed by atoms with Crippen LogP contribution < -0.4 is 4.74 Å². The zero-order chi connectivity index (χ0) is 17.9. The van der Waals surface area contributed by atoms with Gasteiger partial charge >= 0.3 is 0 Å². The fourth-order valence-electron chi connectivity index (χ4n) is 2.31. The molecule has 0 atom stereocenters. The number of ether oxygens (including phenoxy) is 1. The number of aromatic nitrogens is 5. The number of para-hydroxylation sites is 1. The Morgan fingerprint density at radius 2 is 1.77 bits per heavy atom. The molecule has 4 rings (SSSR count). The van der Waals surface area contributed by atoms with Crippen molar-refractivity contribution in [3.05, 3.63) is 77.2 Å². The third kappa shape index (κ3) is 3.60. The maximum atomic E-state index is 14.0. The molecule has 2 aromatic carbocycles. The summed E-state index contributed by atoms with van der Waals surface area (Å²) in [7, 11) is 0. The summed E-state index contributed by atoms with van der Waals surface area (Å²) >= 11 is 3.30. The van der Waals surface area contributed by atoms with Crippen LogP contribution in [0.1, 0.15) is 0 Å². The van der Waals surface area contributed by atoms with Crippen LogP contribution in [0.4, 0.5) is 4.39 Å². The lowest BCUT2D eigenvalue weighted by molar-refractivity contribution is 0.475. The minimum atomic E-state index is -0.465. The minimum absolute atomic E-state index is 0.334. The molecule has 2 heterocycles. The maximum Gasteiger partial charge on any atom is 0.223 e. The van der Waals surface area contributed by atoms with Crippen LogP contribution in [-0.2, 0) is 0 Å². The number of pyridine rings is 1. The lowest BCUT2D eigenvalue weighted by Gasteiger charge is -2.07. The Morgan fingerprint density at radius 1 is 0.923 bits per heavy atom. The van der Waals surface area contributed by atoms with Crippen molar-refractivity contribution in [3.8, 4) is 28.7 Å². The van der Waals surface area contributed by atoms with Gasteiger partial charge < -0.3 is 4.74 Å². The predicted octanol–water partition coefficient (Wildman–Crippen LogP) is 4.42. The molecule has 0 bridgehead atoms. The first kappa shape index (κ1) is 16.3. The van der Waals surface area contributed by atoms with Crippen LogP contribution >= 0.6 is 15.9 Å². The van der Waals surface area contributed by atoms with Crippen molar-refractivity contribution in [2.45, 2.75) is 0 Å². The molecule has 0 saturated heterocycles. The molecular weight excluding hydrogens is 401 g/mol. The van der Waals surface area contributed by atoms with Gasteiger partial charge in [0.1, 0.15) is 27.6 Å². The van der Waals surface area contributed by atoms with Crippen molar-refractivity contribution in [2.24, 2.45) is 0 Å². The average molecular weight is 412 g/mol. The van der Waals surface area contributed by atoms with Gasteiger partial charge in [-0.05, 0) is 45.4 Å². The lowest BCUT2D eigenvalue weighted by atomic mass is 10.3. The van der Waals surface area contributed by atoms with Gasteiger partial charge in [-0.15, -0.1) is 15.0 Å².